The van der Waals surface area contributed by atoms with Crippen molar-refractivity contribution in [2.45, 2.75) is 45.2 Å². The van der Waals surface area contributed by atoms with E-state index in [1.807, 2.05) is 13.8 Å². The summed E-state index contributed by atoms with van der Waals surface area (Å²) in [5.74, 6) is 0.107. The van der Waals surface area contributed by atoms with Gasteiger partial charge in [-0.1, -0.05) is 23.8 Å². The average molecular weight is 232 g/mol. The highest BCUT2D eigenvalue weighted by Gasteiger charge is 2.26. The van der Waals surface area contributed by atoms with Crippen molar-refractivity contribution in [1.82, 2.24) is 5.32 Å². The fraction of sp³-hybridized carbons (Fsp3) is 0.500. The molecule has 17 heavy (non-hydrogen) atoms. The number of aryl methyl sites for hydroxylation is 2. The molecule has 0 atom stereocenters. The Hall–Kier alpha value is -1.35. The lowest BCUT2D eigenvalue weighted by atomic mass is 9.87. The third-order valence-corrected chi connectivity index (χ3v) is 3.40. The molecule has 0 unspecified atom stereocenters. The molecule has 1 aromatic carbocycles. The molecule has 0 bridgehead atoms. The molecule has 92 valence electrons. The fourth-order valence-corrected chi connectivity index (χ4v) is 2.22. The Labute approximate surface area is 102 Å². The van der Waals surface area contributed by atoms with E-state index < -0.39 is 0 Å². The van der Waals surface area contributed by atoms with Crippen LogP contribution in [-0.4, -0.2) is 18.0 Å². The molecule has 1 aromatic rings. The molecule has 1 aliphatic rings. The van der Waals surface area contributed by atoms with E-state index in [0.29, 0.717) is 12.5 Å². The van der Waals surface area contributed by atoms with Crippen LogP contribution < -0.4 is 11.1 Å². The van der Waals surface area contributed by atoms with Gasteiger partial charge in [0, 0.05) is 12.1 Å². The van der Waals surface area contributed by atoms with Gasteiger partial charge in [-0.2, -0.15) is 0 Å². The van der Waals surface area contributed by atoms with E-state index in [1.165, 1.54) is 11.1 Å². The van der Waals surface area contributed by atoms with Gasteiger partial charge in [-0.3, -0.25) is 4.79 Å². The molecular weight excluding hydrogens is 212 g/mol. The van der Waals surface area contributed by atoms with E-state index in [1.54, 1.807) is 0 Å². The summed E-state index contributed by atoms with van der Waals surface area (Å²) in [4.78, 5) is 11.8. The maximum absolute atomic E-state index is 11.8. The number of hydrogen-bond donors (Lipinski definition) is 2. The standard InChI is InChI=1S/C14H20N2O/c1-9-3-4-10(2)11(5-9)6-14(17)16-13-7-12(15)8-13/h3-5,12-13H,6-8,15H2,1-2H3,(H,16,17). The van der Waals surface area contributed by atoms with Crippen LogP contribution in [-0.2, 0) is 11.2 Å². The summed E-state index contributed by atoms with van der Waals surface area (Å²) < 4.78 is 0. The lowest BCUT2D eigenvalue weighted by molar-refractivity contribution is -0.121. The summed E-state index contributed by atoms with van der Waals surface area (Å²) in [6.45, 7) is 4.09. The Morgan fingerprint density at radius 3 is 2.76 bits per heavy atom. The molecule has 0 radical (unpaired) electrons. The molecule has 3 nitrogen and oxygen atoms in total. The molecule has 1 amide bonds. The maximum Gasteiger partial charge on any atom is 0.224 e. The lowest BCUT2D eigenvalue weighted by Gasteiger charge is -2.33. The highest BCUT2D eigenvalue weighted by Crippen LogP contribution is 2.18. The van der Waals surface area contributed by atoms with E-state index >= 15 is 0 Å². The molecule has 0 aliphatic heterocycles. The van der Waals surface area contributed by atoms with Crippen molar-refractivity contribution in [3.05, 3.63) is 34.9 Å². The van der Waals surface area contributed by atoms with E-state index in [0.717, 1.165) is 18.4 Å². The smallest absolute Gasteiger partial charge is 0.224 e. The zero-order chi connectivity index (χ0) is 12.4. The van der Waals surface area contributed by atoms with Gasteiger partial charge < -0.3 is 11.1 Å². The summed E-state index contributed by atoms with van der Waals surface area (Å²) in [6.07, 6.45) is 2.30. The molecule has 0 heterocycles. The fourth-order valence-electron chi connectivity index (χ4n) is 2.22. The second-order valence-corrected chi connectivity index (χ2v) is 5.10. The van der Waals surface area contributed by atoms with Crippen molar-refractivity contribution in [3.8, 4) is 0 Å². The van der Waals surface area contributed by atoms with Gasteiger partial charge in [-0.05, 0) is 37.8 Å². The number of carbonyl (C=O) groups is 1. The molecule has 1 saturated carbocycles. The van der Waals surface area contributed by atoms with Crippen molar-refractivity contribution in [3.63, 3.8) is 0 Å². The van der Waals surface area contributed by atoms with Crippen molar-refractivity contribution in [2.75, 3.05) is 0 Å². The Morgan fingerprint density at radius 1 is 1.41 bits per heavy atom. The third kappa shape index (κ3) is 3.07. The van der Waals surface area contributed by atoms with Gasteiger partial charge in [-0.15, -0.1) is 0 Å². The first-order valence-electron chi connectivity index (χ1n) is 6.15. The molecule has 0 spiro atoms. The van der Waals surface area contributed by atoms with Crippen LogP contribution in [0, 0.1) is 13.8 Å². The molecule has 3 N–H and O–H groups in total. The summed E-state index contributed by atoms with van der Waals surface area (Å²) in [7, 11) is 0. The Bertz CT molecular complexity index is 422. The van der Waals surface area contributed by atoms with Crippen LogP contribution in [0.25, 0.3) is 0 Å². The van der Waals surface area contributed by atoms with E-state index in [4.69, 9.17) is 5.73 Å². The van der Waals surface area contributed by atoms with Crippen molar-refractivity contribution in [2.24, 2.45) is 5.73 Å². The minimum absolute atomic E-state index is 0.107. The van der Waals surface area contributed by atoms with Gasteiger partial charge in [0.15, 0.2) is 0 Å². The quantitative estimate of drug-likeness (QED) is 0.828. The van der Waals surface area contributed by atoms with Gasteiger partial charge in [0.05, 0.1) is 6.42 Å². The van der Waals surface area contributed by atoms with Gasteiger partial charge in [-0.25, -0.2) is 0 Å². The van der Waals surface area contributed by atoms with Crippen LogP contribution in [0.3, 0.4) is 0 Å². The summed E-state index contributed by atoms with van der Waals surface area (Å²) in [5, 5.41) is 3.02. The van der Waals surface area contributed by atoms with Gasteiger partial charge in [0.2, 0.25) is 5.91 Å². The molecule has 1 aliphatic carbocycles. The summed E-state index contributed by atoms with van der Waals surface area (Å²) in [6, 6.07) is 6.80. The minimum atomic E-state index is 0.107. The summed E-state index contributed by atoms with van der Waals surface area (Å²) >= 11 is 0. The molecule has 3 heteroatoms. The zero-order valence-corrected chi connectivity index (χ0v) is 10.5. The van der Waals surface area contributed by atoms with Crippen molar-refractivity contribution in [1.29, 1.82) is 0 Å². The first-order valence-corrected chi connectivity index (χ1v) is 6.15. The van der Waals surface area contributed by atoms with Gasteiger partial charge >= 0.3 is 0 Å². The second-order valence-electron chi connectivity index (χ2n) is 5.10. The average Bonchev–Trinajstić information content (AvgIpc) is 2.21. The second kappa shape index (κ2) is 4.88. The Balaban J connectivity index is 1.91. The summed E-state index contributed by atoms with van der Waals surface area (Å²) in [5.41, 5.74) is 9.18. The largest absolute Gasteiger partial charge is 0.353 e. The minimum Gasteiger partial charge on any atom is -0.353 e. The normalized spacial score (nSPS) is 23.0. The number of nitrogens with one attached hydrogen (secondary N) is 1. The molecular formula is C14H20N2O. The zero-order valence-electron chi connectivity index (χ0n) is 10.5. The van der Waals surface area contributed by atoms with E-state index in [9.17, 15) is 4.79 Å². The monoisotopic (exact) mass is 232 g/mol. The number of nitrogens with two attached hydrogens (primary N) is 1. The first kappa shape index (κ1) is 12.1. The molecule has 0 aromatic heterocycles. The predicted octanol–water partition coefficient (Wildman–Crippen LogP) is 1.45. The highest BCUT2D eigenvalue weighted by atomic mass is 16.1. The maximum atomic E-state index is 11.8. The molecule has 0 saturated heterocycles. The Morgan fingerprint density at radius 2 is 2.12 bits per heavy atom. The van der Waals surface area contributed by atoms with Crippen LogP contribution in [0.5, 0.6) is 0 Å². The highest BCUT2D eigenvalue weighted by molar-refractivity contribution is 5.79. The van der Waals surface area contributed by atoms with Gasteiger partial charge in [0.1, 0.15) is 0 Å². The van der Waals surface area contributed by atoms with Gasteiger partial charge in [0.25, 0.3) is 0 Å². The number of amides is 1. The molecule has 2 rings (SSSR count). The topological polar surface area (TPSA) is 55.1 Å². The Kier molecular flexibility index (Phi) is 3.48. The van der Waals surface area contributed by atoms with E-state index in [-0.39, 0.29) is 11.9 Å². The number of rotatable bonds is 3. The number of benzene rings is 1. The van der Waals surface area contributed by atoms with Crippen LogP contribution in [0.4, 0.5) is 0 Å². The SMILES string of the molecule is Cc1ccc(C)c(CC(=O)NC2CC(N)C2)c1. The first-order chi connectivity index (χ1) is 8.04. The predicted molar refractivity (Wildman–Crippen MR) is 68.8 cm³/mol. The number of carbonyl (C=O) groups excluding carboxylic acids is 1. The van der Waals surface area contributed by atoms with Crippen molar-refractivity contribution < 1.29 is 4.79 Å². The van der Waals surface area contributed by atoms with Crippen LogP contribution >= 0.6 is 0 Å². The lowest BCUT2D eigenvalue weighted by Crippen LogP contribution is -2.50. The van der Waals surface area contributed by atoms with Crippen molar-refractivity contribution >= 4 is 5.91 Å². The van der Waals surface area contributed by atoms with Crippen LogP contribution in [0.1, 0.15) is 29.5 Å². The third-order valence-electron chi connectivity index (χ3n) is 3.40. The number of hydrogen-bond acceptors (Lipinski definition) is 2. The van der Waals surface area contributed by atoms with E-state index in [2.05, 4.69) is 23.5 Å². The molecule has 1 fully saturated rings. The van der Waals surface area contributed by atoms with Crippen LogP contribution in [0.15, 0.2) is 18.2 Å². The van der Waals surface area contributed by atoms with Crippen LogP contribution in [0.2, 0.25) is 0 Å².